The van der Waals surface area contributed by atoms with E-state index in [1.807, 2.05) is 43.3 Å². The third-order valence-corrected chi connectivity index (χ3v) is 6.25. The summed E-state index contributed by atoms with van der Waals surface area (Å²) in [5.41, 5.74) is 5.00. The van der Waals surface area contributed by atoms with Crippen LogP contribution in [0.2, 0.25) is 0 Å². The van der Waals surface area contributed by atoms with E-state index in [-0.39, 0.29) is 11.9 Å². The van der Waals surface area contributed by atoms with Crippen LogP contribution in [-0.2, 0) is 4.74 Å². The van der Waals surface area contributed by atoms with Crippen molar-refractivity contribution in [2.24, 2.45) is 0 Å². The van der Waals surface area contributed by atoms with E-state index in [2.05, 4.69) is 40.8 Å². The summed E-state index contributed by atoms with van der Waals surface area (Å²) in [6, 6.07) is 11.0. The maximum Gasteiger partial charge on any atom is 0.321 e. The summed E-state index contributed by atoms with van der Waals surface area (Å²) in [5, 5.41) is 8.41. The van der Waals surface area contributed by atoms with E-state index in [1.54, 1.807) is 18.6 Å². The quantitative estimate of drug-likeness (QED) is 0.284. The van der Waals surface area contributed by atoms with Gasteiger partial charge in [0.2, 0.25) is 5.95 Å². The second kappa shape index (κ2) is 11.8. The summed E-state index contributed by atoms with van der Waals surface area (Å²) in [4.78, 5) is 43.8. The summed E-state index contributed by atoms with van der Waals surface area (Å²) >= 11 is 0. The number of carbonyl (C=O) groups is 2. The van der Waals surface area contributed by atoms with Crippen molar-refractivity contribution in [3.05, 3.63) is 60.6 Å². The Labute approximate surface area is 220 Å². The molecule has 0 aliphatic carbocycles. The molecule has 0 bridgehead atoms. The monoisotopic (exact) mass is 514 g/mol. The molecule has 1 fully saturated rings. The van der Waals surface area contributed by atoms with Crippen LogP contribution in [0.5, 0.6) is 0 Å². The van der Waals surface area contributed by atoms with E-state index in [9.17, 15) is 9.59 Å². The van der Waals surface area contributed by atoms with Gasteiger partial charge in [0.25, 0.3) is 5.91 Å². The van der Waals surface area contributed by atoms with Gasteiger partial charge in [0.05, 0.1) is 35.5 Å². The number of hydrogen-bond donors (Lipinski definition) is 4. The highest BCUT2D eigenvalue weighted by molar-refractivity contribution is 5.99. The SMILES string of the molecule is CCNC(=O)Nc1nc2c(-c3ccccn3)cc(-c3cncc(C(=O)NCCN4CCOCC4)c3)cc2[nH]1. The number of amides is 3. The molecule has 11 nitrogen and oxygen atoms in total. The molecule has 3 aromatic heterocycles. The van der Waals surface area contributed by atoms with Crippen molar-refractivity contribution in [1.29, 1.82) is 0 Å². The molecular weight excluding hydrogens is 484 g/mol. The van der Waals surface area contributed by atoms with Gasteiger partial charge >= 0.3 is 6.03 Å². The van der Waals surface area contributed by atoms with Gasteiger partial charge in [0, 0.05) is 62.4 Å². The van der Waals surface area contributed by atoms with E-state index in [4.69, 9.17) is 4.74 Å². The molecule has 5 rings (SSSR count). The number of urea groups is 1. The van der Waals surface area contributed by atoms with Crippen LogP contribution >= 0.6 is 0 Å². The number of pyridine rings is 2. The zero-order valence-corrected chi connectivity index (χ0v) is 21.2. The van der Waals surface area contributed by atoms with Crippen LogP contribution in [0, 0.1) is 0 Å². The fourth-order valence-electron chi connectivity index (χ4n) is 4.35. The topological polar surface area (TPSA) is 137 Å². The standard InChI is InChI=1S/C27H30N8O3/c1-2-29-27(37)34-26-32-23-15-18(14-21(24(23)33-26)22-5-3-4-6-30-22)19-13-20(17-28-16-19)25(36)31-7-8-35-9-11-38-12-10-35/h3-6,13-17H,2,7-12H2,1H3,(H,31,36)(H3,29,32,33,34,37). The number of aromatic nitrogens is 4. The number of H-pyrrole nitrogens is 1. The first-order valence-corrected chi connectivity index (χ1v) is 12.6. The highest BCUT2D eigenvalue weighted by atomic mass is 16.5. The van der Waals surface area contributed by atoms with Gasteiger partial charge in [-0.15, -0.1) is 0 Å². The summed E-state index contributed by atoms with van der Waals surface area (Å²) < 4.78 is 5.37. The highest BCUT2D eigenvalue weighted by Gasteiger charge is 2.16. The number of aromatic amines is 1. The Bertz CT molecular complexity index is 1420. The summed E-state index contributed by atoms with van der Waals surface area (Å²) in [6.45, 7) is 6.88. The van der Waals surface area contributed by atoms with Gasteiger partial charge in [-0.05, 0) is 42.8 Å². The first kappa shape index (κ1) is 25.3. The summed E-state index contributed by atoms with van der Waals surface area (Å²) in [6.07, 6.45) is 5.01. The second-order valence-electron chi connectivity index (χ2n) is 8.88. The maximum atomic E-state index is 12.9. The first-order valence-electron chi connectivity index (χ1n) is 12.6. The van der Waals surface area contributed by atoms with Crippen molar-refractivity contribution in [1.82, 2.24) is 35.5 Å². The molecule has 4 heterocycles. The Morgan fingerprint density at radius 2 is 1.95 bits per heavy atom. The third-order valence-electron chi connectivity index (χ3n) is 6.25. The Hall–Kier alpha value is -4.35. The Morgan fingerprint density at radius 1 is 1.08 bits per heavy atom. The fraction of sp³-hybridized carbons (Fsp3) is 0.296. The number of nitrogens with one attached hydrogen (secondary N) is 4. The zero-order valence-electron chi connectivity index (χ0n) is 21.2. The van der Waals surface area contributed by atoms with Crippen LogP contribution in [0.4, 0.5) is 10.7 Å². The van der Waals surface area contributed by atoms with Crippen LogP contribution in [0.3, 0.4) is 0 Å². The minimum absolute atomic E-state index is 0.173. The third kappa shape index (κ3) is 5.96. The number of benzene rings is 1. The summed E-state index contributed by atoms with van der Waals surface area (Å²) in [5.74, 6) is 0.153. The molecule has 4 aromatic rings. The van der Waals surface area contributed by atoms with Crippen LogP contribution in [0.15, 0.2) is 55.0 Å². The van der Waals surface area contributed by atoms with Crippen molar-refractivity contribution in [3.8, 4) is 22.4 Å². The number of nitrogens with zero attached hydrogens (tertiary/aromatic N) is 4. The van der Waals surface area contributed by atoms with Crippen molar-refractivity contribution < 1.29 is 14.3 Å². The van der Waals surface area contributed by atoms with Gasteiger partial charge in [-0.3, -0.25) is 25.0 Å². The molecule has 0 saturated carbocycles. The lowest BCUT2D eigenvalue weighted by Gasteiger charge is -2.26. The summed E-state index contributed by atoms with van der Waals surface area (Å²) in [7, 11) is 0. The van der Waals surface area contributed by atoms with Gasteiger partial charge < -0.3 is 20.4 Å². The van der Waals surface area contributed by atoms with Crippen molar-refractivity contribution in [2.75, 3.05) is 51.3 Å². The van der Waals surface area contributed by atoms with Crippen molar-refractivity contribution >= 4 is 28.9 Å². The molecule has 4 N–H and O–H groups in total. The number of hydrogen-bond acceptors (Lipinski definition) is 7. The molecular formula is C27H30N8O3. The number of morpholine rings is 1. The smallest absolute Gasteiger partial charge is 0.321 e. The normalized spacial score (nSPS) is 13.8. The number of ether oxygens (including phenoxy) is 1. The molecule has 0 radical (unpaired) electrons. The molecule has 196 valence electrons. The average Bonchev–Trinajstić information content (AvgIpc) is 3.36. The van der Waals surface area contributed by atoms with Gasteiger partial charge in [0.1, 0.15) is 0 Å². The minimum Gasteiger partial charge on any atom is -0.379 e. The van der Waals surface area contributed by atoms with E-state index in [0.29, 0.717) is 30.1 Å². The molecule has 1 aliphatic heterocycles. The molecule has 0 unspecified atom stereocenters. The Kier molecular flexibility index (Phi) is 7.86. The molecule has 0 spiro atoms. The van der Waals surface area contributed by atoms with Gasteiger partial charge in [-0.25, -0.2) is 9.78 Å². The molecule has 0 atom stereocenters. The predicted molar refractivity (Wildman–Crippen MR) is 145 cm³/mol. The molecule has 3 amide bonds. The van der Waals surface area contributed by atoms with Gasteiger partial charge in [-0.1, -0.05) is 6.07 Å². The molecule has 1 saturated heterocycles. The van der Waals surface area contributed by atoms with Crippen LogP contribution in [0.25, 0.3) is 33.4 Å². The molecule has 1 aliphatic rings. The van der Waals surface area contributed by atoms with Crippen LogP contribution in [-0.4, -0.2) is 82.7 Å². The Balaban J connectivity index is 1.42. The number of carbonyl (C=O) groups excluding carboxylic acids is 2. The number of rotatable bonds is 8. The van der Waals surface area contributed by atoms with E-state index < -0.39 is 0 Å². The lowest BCUT2D eigenvalue weighted by molar-refractivity contribution is 0.0383. The van der Waals surface area contributed by atoms with E-state index in [1.165, 1.54) is 0 Å². The van der Waals surface area contributed by atoms with Crippen LogP contribution < -0.4 is 16.0 Å². The lowest BCUT2D eigenvalue weighted by atomic mass is 10.00. The number of fused-ring (bicyclic) bond motifs is 1. The molecule has 1 aromatic carbocycles. The van der Waals surface area contributed by atoms with Crippen molar-refractivity contribution in [2.45, 2.75) is 6.92 Å². The van der Waals surface area contributed by atoms with Crippen LogP contribution in [0.1, 0.15) is 17.3 Å². The van der Waals surface area contributed by atoms with E-state index >= 15 is 0 Å². The lowest BCUT2D eigenvalue weighted by Crippen LogP contribution is -2.41. The second-order valence-corrected chi connectivity index (χ2v) is 8.88. The molecule has 11 heteroatoms. The predicted octanol–water partition coefficient (Wildman–Crippen LogP) is 2.89. The molecule has 38 heavy (non-hydrogen) atoms. The minimum atomic E-state index is -0.345. The maximum absolute atomic E-state index is 12.9. The van der Waals surface area contributed by atoms with E-state index in [0.717, 1.165) is 60.7 Å². The highest BCUT2D eigenvalue weighted by Crippen LogP contribution is 2.33. The fourth-order valence-corrected chi connectivity index (χ4v) is 4.35. The number of imidazole rings is 1. The zero-order chi connectivity index (χ0) is 26.3. The Morgan fingerprint density at radius 3 is 2.74 bits per heavy atom. The largest absolute Gasteiger partial charge is 0.379 e. The first-order chi connectivity index (χ1) is 18.6. The average molecular weight is 515 g/mol. The van der Waals surface area contributed by atoms with Gasteiger partial charge in [0.15, 0.2) is 0 Å². The van der Waals surface area contributed by atoms with Gasteiger partial charge in [-0.2, -0.15) is 0 Å². The van der Waals surface area contributed by atoms with Crippen molar-refractivity contribution in [3.63, 3.8) is 0 Å². The number of anilines is 1.